The molecule has 0 saturated carbocycles. The molecule has 1 heterocycles. The molecule has 0 fully saturated rings. The van der Waals surface area contributed by atoms with Gasteiger partial charge in [0.25, 0.3) is 0 Å². The normalized spacial score (nSPS) is 11.4. The summed E-state index contributed by atoms with van der Waals surface area (Å²) in [5.41, 5.74) is 3.63. The highest BCUT2D eigenvalue weighted by atomic mass is 32.2. The molecule has 0 unspecified atom stereocenters. The summed E-state index contributed by atoms with van der Waals surface area (Å²) in [6.45, 7) is 1.93. The third-order valence-corrected chi connectivity index (χ3v) is 4.45. The summed E-state index contributed by atoms with van der Waals surface area (Å²) >= 11 is 0. The topological polar surface area (TPSA) is 91.1 Å². The van der Waals surface area contributed by atoms with E-state index in [0.29, 0.717) is 11.4 Å². The van der Waals surface area contributed by atoms with Crippen LogP contribution in [0.5, 0.6) is 0 Å². The highest BCUT2D eigenvalue weighted by Gasteiger charge is 2.14. The molecule has 7 heteroatoms. The van der Waals surface area contributed by atoms with Crippen molar-refractivity contribution in [2.45, 2.75) is 13.3 Å². The summed E-state index contributed by atoms with van der Waals surface area (Å²) in [6, 6.07) is 14.5. The molecule has 0 radical (unpaired) electrons. The van der Waals surface area contributed by atoms with Gasteiger partial charge < -0.3 is 10.3 Å². The summed E-state index contributed by atoms with van der Waals surface area (Å²) < 4.78 is 25.3. The van der Waals surface area contributed by atoms with Crippen molar-refractivity contribution in [3.63, 3.8) is 0 Å². The number of aromatic amines is 1. The first kappa shape index (κ1) is 17.0. The number of aryl methyl sites for hydroxylation is 1. The standard InChI is InChI=1S/C18H19N3O3S/c1-12-14(13-7-3-4-8-15(13)19-12)11-18(22)20-16-9-5-6-10-17(16)21-25(2,23)24/h3-10,19,21H,11H2,1-2H3,(H,20,22). The lowest BCUT2D eigenvalue weighted by atomic mass is 10.1. The van der Waals surface area contributed by atoms with Crippen LogP contribution in [-0.4, -0.2) is 25.6 Å². The molecule has 3 rings (SSSR count). The predicted molar refractivity (Wildman–Crippen MR) is 100 cm³/mol. The monoisotopic (exact) mass is 357 g/mol. The Morgan fingerprint density at radius 1 is 1.04 bits per heavy atom. The molecule has 0 aliphatic rings. The van der Waals surface area contributed by atoms with E-state index in [-0.39, 0.29) is 12.3 Å². The molecule has 1 amide bonds. The number of benzene rings is 2. The Hall–Kier alpha value is -2.80. The highest BCUT2D eigenvalue weighted by Crippen LogP contribution is 2.25. The van der Waals surface area contributed by atoms with Crippen LogP contribution in [0.4, 0.5) is 11.4 Å². The van der Waals surface area contributed by atoms with Gasteiger partial charge in [-0.25, -0.2) is 8.42 Å². The maximum atomic E-state index is 12.5. The van der Waals surface area contributed by atoms with Crippen LogP contribution in [0.2, 0.25) is 0 Å². The van der Waals surface area contributed by atoms with E-state index in [0.717, 1.165) is 28.4 Å². The average molecular weight is 357 g/mol. The number of rotatable bonds is 5. The van der Waals surface area contributed by atoms with E-state index in [1.807, 2.05) is 31.2 Å². The lowest BCUT2D eigenvalue weighted by Crippen LogP contribution is -2.17. The first-order chi connectivity index (χ1) is 11.8. The number of hydrogen-bond acceptors (Lipinski definition) is 3. The van der Waals surface area contributed by atoms with Crippen LogP contribution in [0.3, 0.4) is 0 Å². The molecule has 2 aromatic carbocycles. The Labute approximate surface area is 146 Å². The van der Waals surface area contributed by atoms with Crippen molar-refractivity contribution in [2.24, 2.45) is 0 Å². The number of nitrogens with one attached hydrogen (secondary N) is 3. The van der Waals surface area contributed by atoms with Gasteiger partial charge in [0.05, 0.1) is 24.1 Å². The van der Waals surface area contributed by atoms with Crippen LogP contribution < -0.4 is 10.0 Å². The number of carbonyl (C=O) groups excluding carboxylic acids is 1. The van der Waals surface area contributed by atoms with Gasteiger partial charge in [0, 0.05) is 16.6 Å². The molecule has 25 heavy (non-hydrogen) atoms. The zero-order valence-corrected chi connectivity index (χ0v) is 14.8. The van der Waals surface area contributed by atoms with E-state index in [1.165, 1.54) is 0 Å². The second kappa shape index (κ2) is 6.60. The second-order valence-corrected chi connectivity index (χ2v) is 7.67. The van der Waals surface area contributed by atoms with Crippen LogP contribution in [0.1, 0.15) is 11.3 Å². The van der Waals surface area contributed by atoms with Crippen LogP contribution in [0.15, 0.2) is 48.5 Å². The number of anilines is 2. The number of fused-ring (bicyclic) bond motifs is 1. The highest BCUT2D eigenvalue weighted by molar-refractivity contribution is 7.92. The van der Waals surface area contributed by atoms with E-state index >= 15 is 0 Å². The molecule has 6 nitrogen and oxygen atoms in total. The largest absolute Gasteiger partial charge is 0.358 e. The quantitative estimate of drug-likeness (QED) is 0.655. The maximum Gasteiger partial charge on any atom is 0.229 e. The van der Waals surface area contributed by atoms with E-state index in [1.54, 1.807) is 24.3 Å². The van der Waals surface area contributed by atoms with Crippen LogP contribution >= 0.6 is 0 Å². The molecule has 1 aromatic heterocycles. The van der Waals surface area contributed by atoms with E-state index in [9.17, 15) is 13.2 Å². The van der Waals surface area contributed by atoms with Crippen molar-refractivity contribution < 1.29 is 13.2 Å². The number of aromatic nitrogens is 1. The van der Waals surface area contributed by atoms with Crippen molar-refractivity contribution in [3.05, 3.63) is 59.8 Å². The molecular weight excluding hydrogens is 338 g/mol. The fourth-order valence-corrected chi connectivity index (χ4v) is 3.38. The summed E-state index contributed by atoms with van der Waals surface area (Å²) in [4.78, 5) is 15.8. The lowest BCUT2D eigenvalue weighted by Gasteiger charge is -2.12. The Morgan fingerprint density at radius 3 is 2.40 bits per heavy atom. The first-order valence-electron chi connectivity index (χ1n) is 7.76. The molecular formula is C18H19N3O3S. The van der Waals surface area contributed by atoms with Crippen molar-refractivity contribution in [2.75, 3.05) is 16.3 Å². The minimum absolute atomic E-state index is 0.197. The Morgan fingerprint density at radius 2 is 1.68 bits per heavy atom. The molecule has 0 aliphatic carbocycles. The lowest BCUT2D eigenvalue weighted by molar-refractivity contribution is -0.115. The third-order valence-electron chi connectivity index (χ3n) is 3.86. The zero-order valence-electron chi connectivity index (χ0n) is 14.0. The summed E-state index contributed by atoms with van der Waals surface area (Å²) in [6.07, 6.45) is 1.27. The Balaban J connectivity index is 1.83. The van der Waals surface area contributed by atoms with E-state index in [2.05, 4.69) is 15.0 Å². The van der Waals surface area contributed by atoms with Crippen molar-refractivity contribution in [3.8, 4) is 0 Å². The number of H-pyrrole nitrogens is 1. The van der Waals surface area contributed by atoms with Gasteiger partial charge in [-0.15, -0.1) is 0 Å². The van der Waals surface area contributed by atoms with Crippen molar-refractivity contribution >= 4 is 38.2 Å². The molecule has 130 valence electrons. The number of para-hydroxylation sites is 3. The molecule has 3 N–H and O–H groups in total. The SMILES string of the molecule is Cc1[nH]c2ccccc2c1CC(=O)Nc1ccccc1NS(C)(=O)=O. The van der Waals surface area contributed by atoms with E-state index in [4.69, 9.17) is 0 Å². The molecule has 0 bridgehead atoms. The number of hydrogen-bond donors (Lipinski definition) is 3. The van der Waals surface area contributed by atoms with Crippen LogP contribution in [0.25, 0.3) is 10.9 Å². The van der Waals surface area contributed by atoms with Gasteiger partial charge in [0.15, 0.2) is 0 Å². The fourth-order valence-electron chi connectivity index (χ4n) is 2.80. The molecule has 3 aromatic rings. The predicted octanol–water partition coefficient (Wildman–Crippen LogP) is 3.03. The third kappa shape index (κ3) is 4.00. The molecule has 0 aliphatic heterocycles. The molecule has 0 spiro atoms. The number of carbonyl (C=O) groups is 1. The van der Waals surface area contributed by atoms with E-state index < -0.39 is 10.0 Å². The van der Waals surface area contributed by atoms with Gasteiger partial charge in [0.1, 0.15) is 0 Å². The first-order valence-corrected chi connectivity index (χ1v) is 9.65. The van der Waals surface area contributed by atoms with Crippen LogP contribution in [0, 0.1) is 6.92 Å². The second-order valence-electron chi connectivity index (χ2n) is 5.92. The van der Waals surface area contributed by atoms with Gasteiger partial charge in [-0.2, -0.15) is 0 Å². The maximum absolute atomic E-state index is 12.5. The minimum atomic E-state index is -3.43. The van der Waals surface area contributed by atoms with Crippen molar-refractivity contribution in [1.82, 2.24) is 4.98 Å². The fraction of sp³-hybridized carbons (Fsp3) is 0.167. The minimum Gasteiger partial charge on any atom is -0.358 e. The average Bonchev–Trinajstić information content (AvgIpc) is 2.84. The molecule has 0 atom stereocenters. The van der Waals surface area contributed by atoms with Gasteiger partial charge in [0.2, 0.25) is 15.9 Å². The van der Waals surface area contributed by atoms with Crippen LogP contribution in [-0.2, 0) is 21.2 Å². The smallest absolute Gasteiger partial charge is 0.229 e. The van der Waals surface area contributed by atoms with Crippen molar-refractivity contribution in [1.29, 1.82) is 0 Å². The zero-order chi connectivity index (χ0) is 18.0. The summed E-state index contributed by atoms with van der Waals surface area (Å²) in [7, 11) is -3.43. The Bertz CT molecular complexity index is 1040. The molecule has 0 saturated heterocycles. The van der Waals surface area contributed by atoms with Gasteiger partial charge in [-0.05, 0) is 30.7 Å². The number of sulfonamides is 1. The van der Waals surface area contributed by atoms with Gasteiger partial charge in [-0.1, -0.05) is 30.3 Å². The van der Waals surface area contributed by atoms with Gasteiger partial charge >= 0.3 is 0 Å². The summed E-state index contributed by atoms with van der Waals surface area (Å²) in [5, 5.41) is 3.80. The number of amides is 1. The summed E-state index contributed by atoms with van der Waals surface area (Å²) in [5.74, 6) is -0.212. The van der Waals surface area contributed by atoms with Gasteiger partial charge in [-0.3, -0.25) is 9.52 Å². The Kier molecular flexibility index (Phi) is 4.50.